The van der Waals surface area contributed by atoms with Gasteiger partial charge in [-0.25, -0.2) is 9.79 Å². The lowest BCUT2D eigenvalue weighted by Crippen LogP contribution is -2.39. The number of rotatable bonds is 6. The van der Waals surface area contributed by atoms with Gasteiger partial charge in [0.15, 0.2) is 4.80 Å². The fourth-order valence-corrected chi connectivity index (χ4v) is 5.28. The molecule has 3 heterocycles. The molecule has 1 atom stereocenters. The van der Waals surface area contributed by atoms with E-state index in [1.54, 1.807) is 25.5 Å². The van der Waals surface area contributed by atoms with Gasteiger partial charge >= 0.3 is 5.97 Å². The fourth-order valence-electron chi connectivity index (χ4n) is 4.25. The SMILES string of the molecule is CCOC(=O)C1=C(C)N=c2s/c(=C/c3c(C)nn(CC)c3C)c(=O)n2C1c1ccc(OC)cc1. The van der Waals surface area contributed by atoms with Gasteiger partial charge in [0.05, 0.1) is 41.3 Å². The summed E-state index contributed by atoms with van der Waals surface area (Å²) in [7, 11) is 1.59. The molecule has 0 amide bonds. The third-order valence-electron chi connectivity index (χ3n) is 5.96. The Bertz CT molecular complexity index is 1460. The standard InChI is InChI=1S/C25H28N4O4S/c1-7-28-16(5)19(14(3)27-28)13-20-23(30)29-22(17-9-11-18(32-6)12-10-17)21(24(31)33-8-2)15(4)26-25(29)34-20/h9-13,22H,7-8H2,1-6H3/b20-13+. The van der Waals surface area contributed by atoms with Gasteiger partial charge in [0.1, 0.15) is 5.75 Å². The number of benzene rings is 1. The van der Waals surface area contributed by atoms with Crippen LogP contribution in [-0.2, 0) is 16.1 Å². The molecule has 0 radical (unpaired) electrons. The summed E-state index contributed by atoms with van der Waals surface area (Å²) in [6, 6.07) is 6.70. The van der Waals surface area contributed by atoms with Crippen LogP contribution in [0, 0.1) is 13.8 Å². The zero-order valence-corrected chi connectivity index (χ0v) is 21.0. The summed E-state index contributed by atoms with van der Waals surface area (Å²) in [5.41, 5.74) is 4.25. The Hall–Kier alpha value is -3.46. The van der Waals surface area contributed by atoms with Gasteiger partial charge < -0.3 is 9.47 Å². The summed E-state index contributed by atoms with van der Waals surface area (Å²) in [5.74, 6) is 0.211. The number of methoxy groups -OCH3 is 1. The number of carbonyl (C=O) groups is 1. The Kier molecular flexibility index (Phi) is 6.56. The number of allylic oxidation sites excluding steroid dienone is 1. The third-order valence-corrected chi connectivity index (χ3v) is 6.94. The molecule has 178 valence electrons. The Balaban J connectivity index is 1.96. The number of fused-ring (bicyclic) bond motifs is 1. The first-order valence-corrected chi connectivity index (χ1v) is 12.0. The molecular weight excluding hydrogens is 452 g/mol. The minimum absolute atomic E-state index is 0.207. The van der Waals surface area contributed by atoms with Crippen LogP contribution in [-0.4, -0.2) is 34.0 Å². The summed E-state index contributed by atoms with van der Waals surface area (Å²) in [6.07, 6.45) is 1.88. The van der Waals surface area contributed by atoms with Crippen molar-refractivity contribution in [3.8, 4) is 5.75 Å². The predicted octanol–water partition coefficient (Wildman–Crippen LogP) is 2.64. The van der Waals surface area contributed by atoms with Gasteiger partial charge in [0, 0.05) is 17.8 Å². The monoisotopic (exact) mass is 480 g/mol. The van der Waals surface area contributed by atoms with E-state index in [0.717, 1.165) is 29.1 Å². The van der Waals surface area contributed by atoms with Crippen molar-refractivity contribution in [1.29, 1.82) is 0 Å². The number of hydrogen-bond acceptors (Lipinski definition) is 7. The first kappa shape index (κ1) is 23.7. The Morgan fingerprint density at radius 2 is 1.88 bits per heavy atom. The van der Waals surface area contributed by atoms with Crippen molar-refractivity contribution in [2.45, 2.75) is 47.2 Å². The van der Waals surface area contributed by atoms with Gasteiger partial charge in [-0.2, -0.15) is 5.10 Å². The molecule has 0 N–H and O–H groups in total. The van der Waals surface area contributed by atoms with E-state index in [4.69, 9.17) is 9.47 Å². The Labute approximate surface area is 201 Å². The maximum atomic E-state index is 13.7. The number of aryl methyl sites for hydroxylation is 2. The van der Waals surface area contributed by atoms with Gasteiger partial charge in [-0.1, -0.05) is 23.5 Å². The van der Waals surface area contributed by atoms with E-state index in [1.807, 2.05) is 55.8 Å². The maximum Gasteiger partial charge on any atom is 0.338 e. The van der Waals surface area contributed by atoms with Crippen molar-refractivity contribution >= 4 is 23.4 Å². The van der Waals surface area contributed by atoms with Crippen molar-refractivity contribution in [1.82, 2.24) is 14.3 Å². The van der Waals surface area contributed by atoms with Gasteiger partial charge in [0.25, 0.3) is 5.56 Å². The molecular formula is C25H28N4O4S. The first-order valence-electron chi connectivity index (χ1n) is 11.2. The van der Waals surface area contributed by atoms with Crippen molar-refractivity contribution in [2.24, 2.45) is 4.99 Å². The molecule has 3 aromatic rings. The highest BCUT2D eigenvalue weighted by Gasteiger charge is 2.33. The second kappa shape index (κ2) is 9.42. The van der Waals surface area contributed by atoms with Crippen LogP contribution < -0.4 is 19.6 Å². The van der Waals surface area contributed by atoms with E-state index in [1.165, 1.54) is 11.3 Å². The number of esters is 1. The first-order chi connectivity index (χ1) is 16.3. The lowest BCUT2D eigenvalue weighted by atomic mass is 9.96. The Morgan fingerprint density at radius 3 is 2.47 bits per heavy atom. The van der Waals surface area contributed by atoms with Crippen molar-refractivity contribution in [3.05, 3.63) is 77.7 Å². The number of carbonyl (C=O) groups excluding carboxylic acids is 1. The van der Waals surface area contributed by atoms with Crippen LogP contribution in [0.4, 0.5) is 0 Å². The molecule has 34 heavy (non-hydrogen) atoms. The van der Waals surface area contributed by atoms with Crippen molar-refractivity contribution in [3.63, 3.8) is 0 Å². The summed E-state index contributed by atoms with van der Waals surface area (Å²) < 4.78 is 14.7. The molecule has 0 fully saturated rings. The fraction of sp³-hybridized carbons (Fsp3) is 0.360. The molecule has 0 aliphatic carbocycles. The van der Waals surface area contributed by atoms with E-state index in [9.17, 15) is 9.59 Å². The van der Waals surface area contributed by atoms with E-state index in [2.05, 4.69) is 10.1 Å². The molecule has 1 aromatic carbocycles. The molecule has 8 nitrogen and oxygen atoms in total. The second-order valence-corrected chi connectivity index (χ2v) is 8.98. The van der Waals surface area contributed by atoms with Crippen LogP contribution in [0.15, 0.2) is 45.3 Å². The van der Waals surface area contributed by atoms with Gasteiger partial charge in [-0.05, 0) is 58.4 Å². The van der Waals surface area contributed by atoms with Crippen LogP contribution in [0.25, 0.3) is 6.08 Å². The summed E-state index contributed by atoms with van der Waals surface area (Å²) in [4.78, 5) is 31.8. The Morgan fingerprint density at radius 1 is 1.18 bits per heavy atom. The highest BCUT2D eigenvalue weighted by molar-refractivity contribution is 7.07. The number of thiazole rings is 1. The number of aromatic nitrogens is 3. The largest absolute Gasteiger partial charge is 0.497 e. The predicted molar refractivity (Wildman–Crippen MR) is 131 cm³/mol. The summed E-state index contributed by atoms with van der Waals surface area (Å²) >= 11 is 1.31. The zero-order chi connectivity index (χ0) is 24.6. The smallest absolute Gasteiger partial charge is 0.338 e. The quantitative estimate of drug-likeness (QED) is 0.506. The lowest BCUT2D eigenvalue weighted by Gasteiger charge is -2.24. The lowest BCUT2D eigenvalue weighted by molar-refractivity contribution is -0.139. The van der Waals surface area contributed by atoms with E-state index >= 15 is 0 Å². The third kappa shape index (κ3) is 4.00. The average Bonchev–Trinajstić information content (AvgIpc) is 3.28. The van der Waals surface area contributed by atoms with Crippen LogP contribution >= 0.6 is 11.3 Å². The topological polar surface area (TPSA) is 87.7 Å². The van der Waals surface area contributed by atoms with Gasteiger partial charge in [-0.15, -0.1) is 0 Å². The van der Waals surface area contributed by atoms with E-state index in [0.29, 0.717) is 26.4 Å². The molecule has 1 unspecified atom stereocenters. The molecule has 1 aliphatic rings. The van der Waals surface area contributed by atoms with Crippen LogP contribution in [0.3, 0.4) is 0 Å². The molecule has 1 aliphatic heterocycles. The minimum Gasteiger partial charge on any atom is -0.497 e. The molecule has 0 saturated carbocycles. The van der Waals surface area contributed by atoms with Crippen LogP contribution in [0.2, 0.25) is 0 Å². The molecule has 0 spiro atoms. The summed E-state index contributed by atoms with van der Waals surface area (Å²) in [6.45, 7) is 10.5. The van der Waals surface area contributed by atoms with Crippen molar-refractivity contribution < 1.29 is 14.3 Å². The number of ether oxygens (including phenoxy) is 2. The normalized spacial score (nSPS) is 15.8. The molecule has 9 heteroatoms. The second-order valence-electron chi connectivity index (χ2n) is 7.98. The van der Waals surface area contributed by atoms with Gasteiger partial charge in [0.2, 0.25) is 0 Å². The zero-order valence-electron chi connectivity index (χ0n) is 20.2. The minimum atomic E-state index is -0.649. The van der Waals surface area contributed by atoms with Crippen LogP contribution in [0.1, 0.15) is 49.3 Å². The van der Waals surface area contributed by atoms with Crippen molar-refractivity contribution in [2.75, 3.05) is 13.7 Å². The number of nitrogens with zero attached hydrogens (tertiary/aromatic N) is 4. The average molecular weight is 481 g/mol. The van der Waals surface area contributed by atoms with Crippen LogP contribution in [0.5, 0.6) is 5.75 Å². The molecule has 2 aromatic heterocycles. The number of hydrogen-bond donors (Lipinski definition) is 0. The highest BCUT2D eigenvalue weighted by Crippen LogP contribution is 2.31. The maximum absolute atomic E-state index is 13.7. The molecule has 0 saturated heterocycles. The van der Waals surface area contributed by atoms with E-state index < -0.39 is 12.0 Å². The molecule has 0 bridgehead atoms. The van der Waals surface area contributed by atoms with Gasteiger partial charge in [-0.3, -0.25) is 14.0 Å². The van der Waals surface area contributed by atoms with E-state index in [-0.39, 0.29) is 12.2 Å². The highest BCUT2D eigenvalue weighted by atomic mass is 32.1. The molecule has 4 rings (SSSR count). The summed E-state index contributed by atoms with van der Waals surface area (Å²) in [5, 5.41) is 4.56.